The average Bonchev–Trinajstić information content (AvgIpc) is 2.46. The molecule has 23 heavy (non-hydrogen) atoms. The van der Waals surface area contributed by atoms with E-state index in [2.05, 4.69) is 5.32 Å². The van der Waals surface area contributed by atoms with Crippen LogP contribution in [0.15, 0.2) is 18.2 Å². The van der Waals surface area contributed by atoms with Crippen LogP contribution in [0.5, 0.6) is 5.75 Å². The van der Waals surface area contributed by atoms with Crippen LogP contribution in [-0.2, 0) is 14.3 Å². The first kappa shape index (κ1) is 18.7. The van der Waals surface area contributed by atoms with E-state index in [9.17, 15) is 9.59 Å². The Balaban J connectivity index is 3.25. The summed E-state index contributed by atoms with van der Waals surface area (Å²) >= 11 is 0. The van der Waals surface area contributed by atoms with Crippen molar-refractivity contribution >= 4 is 23.6 Å². The molecule has 0 aliphatic heterocycles. The molecule has 0 fully saturated rings. The molecule has 1 rings (SSSR count). The third-order valence-corrected chi connectivity index (χ3v) is 3.20. The summed E-state index contributed by atoms with van der Waals surface area (Å²) in [5.41, 5.74) is 1.61. The van der Waals surface area contributed by atoms with Gasteiger partial charge < -0.3 is 14.8 Å². The standard InChI is InChI=1S/C18H25NO4/c1-7-23-15(20)11-9-13-14(19-17(21)18(3,4)5)10-8-12(2)16(13)22-6/h8-11H,7H2,1-6H3,(H,19,21). The Bertz CT molecular complexity index is 612. The number of anilines is 1. The number of ether oxygens (including phenoxy) is 2. The lowest BCUT2D eigenvalue weighted by Crippen LogP contribution is -2.28. The Hall–Kier alpha value is -2.30. The van der Waals surface area contributed by atoms with Crippen LogP contribution in [0.25, 0.3) is 6.08 Å². The van der Waals surface area contributed by atoms with Gasteiger partial charge in [0.1, 0.15) is 5.75 Å². The van der Waals surface area contributed by atoms with Gasteiger partial charge in [-0.1, -0.05) is 26.8 Å². The van der Waals surface area contributed by atoms with Crippen LogP contribution < -0.4 is 10.1 Å². The van der Waals surface area contributed by atoms with E-state index in [1.807, 2.05) is 33.8 Å². The number of methoxy groups -OCH3 is 1. The van der Waals surface area contributed by atoms with Crippen LogP contribution in [0, 0.1) is 12.3 Å². The quantitative estimate of drug-likeness (QED) is 0.665. The van der Waals surface area contributed by atoms with Crippen molar-refractivity contribution in [1.82, 2.24) is 0 Å². The van der Waals surface area contributed by atoms with E-state index in [4.69, 9.17) is 9.47 Å². The number of esters is 1. The molecule has 0 aromatic heterocycles. The number of rotatable bonds is 5. The van der Waals surface area contributed by atoms with Crippen LogP contribution in [0.2, 0.25) is 0 Å². The molecule has 126 valence electrons. The summed E-state index contributed by atoms with van der Waals surface area (Å²) < 4.78 is 10.3. The van der Waals surface area contributed by atoms with Gasteiger partial charge in [0.05, 0.1) is 19.4 Å². The molecule has 0 saturated heterocycles. The van der Waals surface area contributed by atoms with Gasteiger partial charge >= 0.3 is 5.97 Å². The molecule has 0 atom stereocenters. The van der Waals surface area contributed by atoms with E-state index in [0.717, 1.165) is 5.56 Å². The molecule has 1 aromatic rings. The fourth-order valence-electron chi connectivity index (χ4n) is 1.91. The van der Waals surface area contributed by atoms with Crippen molar-refractivity contribution in [2.45, 2.75) is 34.6 Å². The number of hydrogen-bond donors (Lipinski definition) is 1. The normalized spacial score (nSPS) is 11.4. The van der Waals surface area contributed by atoms with Crippen molar-refractivity contribution in [1.29, 1.82) is 0 Å². The molecule has 0 saturated carbocycles. The van der Waals surface area contributed by atoms with Crippen LogP contribution in [-0.4, -0.2) is 25.6 Å². The topological polar surface area (TPSA) is 64.6 Å². The van der Waals surface area contributed by atoms with Crippen LogP contribution in [0.4, 0.5) is 5.69 Å². The van der Waals surface area contributed by atoms with Gasteiger partial charge in [-0.3, -0.25) is 4.79 Å². The van der Waals surface area contributed by atoms with Gasteiger partial charge in [0.2, 0.25) is 5.91 Å². The molecule has 0 radical (unpaired) electrons. The van der Waals surface area contributed by atoms with E-state index < -0.39 is 11.4 Å². The Morgan fingerprint density at radius 3 is 2.43 bits per heavy atom. The van der Waals surface area contributed by atoms with E-state index >= 15 is 0 Å². The zero-order chi connectivity index (χ0) is 17.6. The first-order valence-corrected chi connectivity index (χ1v) is 7.54. The van der Waals surface area contributed by atoms with Crippen LogP contribution >= 0.6 is 0 Å². The molecule has 0 bridgehead atoms. The van der Waals surface area contributed by atoms with E-state index in [1.54, 1.807) is 26.2 Å². The van der Waals surface area contributed by atoms with Crippen molar-refractivity contribution < 1.29 is 19.1 Å². The van der Waals surface area contributed by atoms with Gasteiger partial charge in [-0.2, -0.15) is 0 Å². The highest BCUT2D eigenvalue weighted by molar-refractivity contribution is 5.98. The molecular weight excluding hydrogens is 294 g/mol. The molecule has 1 aromatic carbocycles. The molecule has 1 amide bonds. The Labute approximate surface area is 137 Å². The predicted molar refractivity (Wildman–Crippen MR) is 91.5 cm³/mol. The average molecular weight is 319 g/mol. The second-order valence-electron chi connectivity index (χ2n) is 6.17. The number of benzene rings is 1. The zero-order valence-electron chi connectivity index (χ0n) is 14.6. The van der Waals surface area contributed by atoms with E-state index in [0.29, 0.717) is 23.6 Å². The van der Waals surface area contributed by atoms with Gasteiger partial charge in [0.25, 0.3) is 0 Å². The van der Waals surface area contributed by atoms with Crippen molar-refractivity contribution in [3.63, 3.8) is 0 Å². The van der Waals surface area contributed by atoms with Crippen LogP contribution in [0.1, 0.15) is 38.8 Å². The summed E-state index contributed by atoms with van der Waals surface area (Å²) in [6.45, 7) is 9.46. The largest absolute Gasteiger partial charge is 0.496 e. The second-order valence-corrected chi connectivity index (χ2v) is 6.17. The zero-order valence-corrected chi connectivity index (χ0v) is 14.6. The molecular formula is C18H25NO4. The fourth-order valence-corrected chi connectivity index (χ4v) is 1.91. The number of aryl methyl sites for hydroxylation is 1. The van der Waals surface area contributed by atoms with Gasteiger partial charge in [0, 0.05) is 17.1 Å². The minimum Gasteiger partial charge on any atom is -0.496 e. The second kappa shape index (κ2) is 7.81. The summed E-state index contributed by atoms with van der Waals surface area (Å²) in [7, 11) is 1.55. The molecule has 0 spiro atoms. The lowest BCUT2D eigenvalue weighted by Gasteiger charge is -2.20. The minimum absolute atomic E-state index is 0.116. The van der Waals surface area contributed by atoms with Gasteiger partial charge in [-0.15, -0.1) is 0 Å². The number of amides is 1. The van der Waals surface area contributed by atoms with Crippen molar-refractivity contribution in [2.24, 2.45) is 5.41 Å². The first-order valence-electron chi connectivity index (χ1n) is 7.54. The summed E-state index contributed by atoms with van der Waals surface area (Å²) in [4.78, 5) is 23.8. The maximum atomic E-state index is 12.2. The molecule has 1 N–H and O–H groups in total. The maximum absolute atomic E-state index is 12.2. The lowest BCUT2D eigenvalue weighted by molar-refractivity contribution is -0.137. The Kier molecular flexibility index (Phi) is 6.37. The highest BCUT2D eigenvalue weighted by atomic mass is 16.5. The number of carbonyl (C=O) groups is 2. The number of nitrogens with one attached hydrogen (secondary N) is 1. The first-order chi connectivity index (χ1) is 10.7. The Morgan fingerprint density at radius 2 is 1.91 bits per heavy atom. The van der Waals surface area contributed by atoms with E-state index in [1.165, 1.54) is 6.08 Å². The van der Waals surface area contributed by atoms with Crippen molar-refractivity contribution in [3.8, 4) is 5.75 Å². The summed E-state index contributed by atoms with van der Waals surface area (Å²) in [6.07, 6.45) is 2.93. The third-order valence-electron chi connectivity index (χ3n) is 3.20. The molecule has 0 unspecified atom stereocenters. The van der Waals surface area contributed by atoms with Gasteiger partial charge in [-0.25, -0.2) is 4.79 Å². The highest BCUT2D eigenvalue weighted by Gasteiger charge is 2.22. The predicted octanol–water partition coefficient (Wildman–Crippen LogP) is 3.56. The van der Waals surface area contributed by atoms with Gasteiger partial charge in [-0.05, 0) is 31.6 Å². The summed E-state index contributed by atoms with van der Waals surface area (Å²) in [6, 6.07) is 3.66. The fraction of sp³-hybridized carbons (Fsp3) is 0.444. The summed E-state index contributed by atoms with van der Waals surface area (Å²) in [5.74, 6) is 0.0515. The van der Waals surface area contributed by atoms with Crippen molar-refractivity contribution in [2.75, 3.05) is 19.0 Å². The molecule has 5 nitrogen and oxygen atoms in total. The lowest BCUT2D eigenvalue weighted by atomic mass is 9.95. The monoisotopic (exact) mass is 319 g/mol. The smallest absolute Gasteiger partial charge is 0.330 e. The molecule has 0 aliphatic carbocycles. The summed E-state index contributed by atoms with van der Waals surface area (Å²) in [5, 5.41) is 2.89. The highest BCUT2D eigenvalue weighted by Crippen LogP contribution is 2.32. The molecule has 0 aliphatic rings. The van der Waals surface area contributed by atoms with Gasteiger partial charge in [0.15, 0.2) is 0 Å². The number of carbonyl (C=O) groups excluding carboxylic acids is 2. The maximum Gasteiger partial charge on any atom is 0.330 e. The third kappa shape index (κ3) is 5.13. The van der Waals surface area contributed by atoms with Crippen molar-refractivity contribution in [3.05, 3.63) is 29.3 Å². The minimum atomic E-state index is -0.528. The van der Waals surface area contributed by atoms with Crippen LogP contribution in [0.3, 0.4) is 0 Å². The SMILES string of the molecule is CCOC(=O)C=Cc1c(NC(=O)C(C)(C)C)ccc(C)c1OC. The molecule has 0 heterocycles. The molecule has 5 heteroatoms. The number of hydrogen-bond acceptors (Lipinski definition) is 4. The van der Waals surface area contributed by atoms with E-state index in [-0.39, 0.29) is 5.91 Å². The Morgan fingerprint density at radius 1 is 1.26 bits per heavy atom.